The number of rotatable bonds is 9. The molecular formula is C26H33ClN4O6S3. The SMILES string of the molecule is COC(=O)C1CCCN1C[C@@H]1CCCN1C(=O)CN1CCC[C@H](NS(=O)(=O)c2ccc(-c3ccc(Cl)s3)s2)C1=O. The van der Waals surface area contributed by atoms with E-state index in [0.29, 0.717) is 36.8 Å². The summed E-state index contributed by atoms with van der Waals surface area (Å²) in [6.45, 7) is 2.31. The molecule has 3 fully saturated rings. The Balaban J connectivity index is 1.19. The van der Waals surface area contributed by atoms with E-state index in [1.165, 1.54) is 29.4 Å². The number of amides is 2. The van der Waals surface area contributed by atoms with Crippen molar-refractivity contribution in [3.8, 4) is 9.75 Å². The van der Waals surface area contributed by atoms with Crippen LogP contribution in [0.1, 0.15) is 38.5 Å². The molecule has 0 radical (unpaired) electrons. The van der Waals surface area contributed by atoms with Crippen molar-refractivity contribution in [3.05, 3.63) is 28.6 Å². The van der Waals surface area contributed by atoms with Gasteiger partial charge in [-0.3, -0.25) is 19.3 Å². The van der Waals surface area contributed by atoms with Crippen LogP contribution in [0.2, 0.25) is 4.34 Å². The summed E-state index contributed by atoms with van der Waals surface area (Å²) in [6, 6.07) is 5.64. The van der Waals surface area contributed by atoms with Gasteiger partial charge in [-0.2, -0.15) is 4.72 Å². The molecule has 3 atom stereocenters. The minimum atomic E-state index is -3.92. The Morgan fingerprint density at radius 3 is 2.50 bits per heavy atom. The third-order valence-electron chi connectivity index (χ3n) is 7.80. The van der Waals surface area contributed by atoms with Crippen LogP contribution in [-0.2, 0) is 29.1 Å². The lowest BCUT2D eigenvalue weighted by Crippen LogP contribution is -2.55. The number of hydrogen-bond acceptors (Lipinski definition) is 9. The number of thiophene rings is 2. The zero-order valence-corrected chi connectivity index (χ0v) is 25.4. The minimum absolute atomic E-state index is 0.0294. The standard InChI is InChI=1S/C26H33ClN4O6S3/c1-37-26(34)19-7-4-12-29(19)15-17-5-2-14-31(17)23(32)16-30-13-3-6-18(25(30)33)28-40(35,36)24-11-9-21(39-24)20-8-10-22(27)38-20/h8-11,17-19,28H,2-7,12-16H2,1H3/t17-,18-,19?/m0/s1. The number of carbonyl (C=O) groups is 3. The molecular weight excluding hydrogens is 596 g/mol. The Morgan fingerprint density at radius 1 is 1.02 bits per heavy atom. The second-order valence-electron chi connectivity index (χ2n) is 10.4. The number of likely N-dealkylation sites (tertiary alicyclic amines) is 3. The van der Waals surface area contributed by atoms with Gasteiger partial charge in [0.1, 0.15) is 16.3 Å². The first kappa shape index (κ1) is 29.5. The van der Waals surface area contributed by atoms with Gasteiger partial charge in [0, 0.05) is 35.4 Å². The predicted octanol–water partition coefficient (Wildman–Crippen LogP) is 3.03. The number of methoxy groups -OCH3 is 1. The summed E-state index contributed by atoms with van der Waals surface area (Å²) in [5.41, 5.74) is 0. The second kappa shape index (κ2) is 12.5. The molecule has 0 spiro atoms. The molecule has 5 heterocycles. The summed E-state index contributed by atoms with van der Waals surface area (Å²) in [5.74, 6) is -0.771. The van der Waals surface area contributed by atoms with Crippen molar-refractivity contribution in [2.45, 2.75) is 60.9 Å². The Kier molecular flexibility index (Phi) is 9.17. The van der Waals surface area contributed by atoms with E-state index in [1.807, 2.05) is 11.0 Å². The summed E-state index contributed by atoms with van der Waals surface area (Å²) in [7, 11) is -2.53. The fraction of sp³-hybridized carbons (Fsp3) is 0.577. The van der Waals surface area contributed by atoms with Crippen molar-refractivity contribution in [1.29, 1.82) is 0 Å². The molecule has 2 aromatic heterocycles. The lowest BCUT2D eigenvalue weighted by atomic mass is 10.1. The molecule has 40 heavy (non-hydrogen) atoms. The summed E-state index contributed by atoms with van der Waals surface area (Å²) in [5, 5.41) is 0. The molecule has 14 heteroatoms. The summed E-state index contributed by atoms with van der Waals surface area (Å²) in [6.07, 6.45) is 4.33. The quantitative estimate of drug-likeness (QED) is 0.425. The molecule has 3 aliphatic heterocycles. The van der Waals surface area contributed by atoms with Crippen molar-refractivity contribution in [1.82, 2.24) is 19.4 Å². The van der Waals surface area contributed by atoms with Gasteiger partial charge in [0.15, 0.2) is 0 Å². The predicted molar refractivity (Wildman–Crippen MR) is 154 cm³/mol. The van der Waals surface area contributed by atoms with Gasteiger partial charge in [-0.1, -0.05) is 11.6 Å². The van der Waals surface area contributed by atoms with Crippen molar-refractivity contribution in [2.24, 2.45) is 0 Å². The van der Waals surface area contributed by atoms with Crippen molar-refractivity contribution in [3.63, 3.8) is 0 Å². The largest absolute Gasteiger partial charge is 0.468 e. The number of carbonyl (C=O) groups excluding carboxylic acids is 3. The molecule has 0 saturated carbocycles. The van der Waals surface area contributed by atoms with Crippen LogP contribution in [0.5, 0.6) is 0 Å². The van der Waals surface area contributed by atoms with E-state index in [0.717, 1.165) is 53.3 Å². The number of piperidine rings is 1. The highest BCUT2D eigenvalue weighted by Gasteiger charge is 2.39. The van der Waals surface area contributed by atoms with Crippen LogP contribution >= 0.6 is 34.3 Å². The van der Waals surface area contributed by atoms with Crippen molar-refractivity contribution in [2.75, 3.05) is 39.8 Å². The van der Waals surface area contributed by atoms with E-state index in [2.05, 4.69) is 9.62 Å². The maximum Gasteiger partial charge on any atom is 0.323 e. The average Bonchev–Trinajstić information content (AvgIpc) is 3.73. The van der Waals surface area contributed by atoms with Gasteiger partial charge in [0.2, 0.25) is 11.8 Å². The van der Waals surface area contributed by atoms with Gasteiger partial charge in [0.05, 0.1) is 18.0 Å². The molecule has 0 aromatic carbocycles. The van der Waals surface area contributed by atoms with Crippen molar-refractivity contribution < 1.29 is 27.5 Å². The minimum Gasteiger partial charge on any atom is -0.468 e. The van der Waals surface area contributed by atoms with Gasteiger partial charge in [-0.25, -0.2) is 8.42 Å². The van der Waals surface area contributed by atoms with E-state index < -0.39 is 16.1 Å². The van der Waals surface area contributed by atoms with E-state index in [1.54, 1.807) is 12.1 Å². The number of esters is 1. The van der Waals surface area contributed by atoms with Gasteiger partial charge in [-0.15, -0.1) is 22.7 Å². The first-order valence-corrected chi connectivity index (χ1v) is 16.9. The molecule has 0 bridgehead atoms. The highest BCUT2D eigenvalue weighted by atomic mass is 35.5. The van der Waals surface area contributed by atoms with Crippen LogP contribution in [0, 0.1) is 0 Å². The monoisotopic (exact) mass is 628 g/mol. The number of halogens is 1. The topological polar surface area (TPSA) is 116 Å². The zero-order chi connectivity index (χ0) is 28.4. The summed E-state index contributed by atoms with van der Waals surface area (Å²) < 4.78 is 34.5. The van der Waals surface area contributed by atoms with Crippen LogP contribution in [0.15, 0.2) is 28.5 Å². The first-order chi connectivity index (χ1) is 19.2. The Morgan fingerprint density at radius 2 is 1.75 bits per heavy atom. The third-order valence-corrected chi connectivity index (χ3v) is 12.3. The average molecular weight is 629 g/mol. The number of hydrogen-bond donors (Lipinski definition) is 1. The van der Waals surface area contributed by atoms with Crippen molar-refractivity contribution >= 4 is 62.1 Å². The molecule has 218 valence electrons. The highest BCUT2D eigenvalue weighted by molar-refractivity contribution is 7.91. The Bertz CT molecular complexity index is 1360. The highest BCUT2D eigenvalue weighted by Crippen LogP contribution is 2.37. The van der Waals surface area contributed by atoms with E-state index in [-0.39, 0.29) is 40.6 Å². The molecule has 1 N–H and O–H groups in total. The Hall–Kier alpha value is -2.03. The number of nitrogens with one attached hydrogen (secondary N) is 1. The van der Waals surface area contributed by atoms with Crippen LogP contribution in [0.25, 0.3) is 9.75 Å². The fourth-order valence-corrected chi connectivity index (χ4v) is 9.50. The lowest BCUT2D eigenvalue weighted by Gasteiger charge is -2.35. The van der Waals surface area contributed by atoms with Gasteiger partial charge >= 0.3 is 5.97 Å². The zero-order valence-electron chi connectivity index (χ0n) is 22.2. The van der Waals surface area contributed by atoms with Crippen LogP contribution in [0.4, 0.5) is 0 Å². The fourth-order valence-electron chi connectivity index (χ4n) is 5.82. The van der Waals surface area contributed by atoms with E-state index in [9.17, 15) is 22.8 Å². The molecule has 5 rings (SSSR count). The van der Waals surface area contributed by atoms with Gasteiger partial charge in [0.25, 0.3) is 10.0 Å². The molecule has 2 amide bonds. The molecule has 0 aliphatic carbocycles. The molecule has 1 unspecified atom stereocenters. The maximum absolute atomic E-state index is 13.3. The summed E-state index contributed by atoms with van der Waals surface area (Å²) in [4.78, 5) is 45.8. The number of sulfonamides is 1. The number of nitrogens with zero attached hydrogens (tertiary/aromatic N) is 3. The molecule has 10 nitrogen and oxygen atoms in total. The van der Waals surface area contributed by atoms with Gasteiger partial charge < -0.3 is 14.5 Å². The lowest BCUT2D eigenvalue weighted by molar-refractivity contribution is -0.146. The van der Waals surface area contributed by atoms with E-state index >= 15 is 0 Å². The third kappa shape index (κ3) is 6.39. The Labute approximate surface area is 247 Å². The van der Waals surface area contributed by atoms with Gasteiger partial charge in [-0.05, 0) is 69.3 Å². The second-order valence-corrected chi connectivity index (χ2v) is 15.1. The van der Waals surface area contributed by atoms with Crippen LogP contribution < -0.4 is 4.72 Å². The van der Waals surface area contributed by atoms with Crippen LogP contribution in [0.3, 0.4) is 0 Å². The smallest absolute Gasteiger partial charge is 0.323 e. The first-order valence-electron chi connectivity index (χ1n) is 13.4. The number of ether oxygens (including phenoxy) is 1. The normalized spacial score (nSPS) is 24.1. The maximum atomic E-state index is 13.3. The molecule has 3 saturated heterocycles. The molecule has 2 aromatic rings. The van der Waals surface area contributed by atoms with E-state index in [4.69, 9.17) is 16.3 Å². The van der Waals surface area contributed by atoms with Crippen LogP contribution in [-0.4, -0.2) is 98.9 Å². The molecule has 3 aliphatic rings. The summed E-state index contributed by atoms with van der Waals surface area (Å²) >= 11 is 8.51.